The van der Waals surface area contributed by atoms with Crippen molar-refractivity contribution in [2.45, 2.75) is 25.7 Å². The SMILES string of the molecule is BrCCCCCCOc1c(Br)cc(Br)cc1Oc1ccc(Br)cc1Br. The third-order valence-electron chi connectivity index (χ3n) is 3.36. The van der Waals surface area contributed by atoms with Crippen molar-refractivity contribution in [2.24, 2.45) is 0 Å². The van der Waals surface area contributed by atoms with Gasteiger partial charge < -0.3 is 9.47 Å². The van der Waals surface area contributed by atoms with E-state index in [-0.39, 0.29) is 0 Å². The summed E-state index contributed by atoms with van der Waals surface area (Å²) in [6, 6.07) is 9.68. The monoisotopic (exact) mass is 660 g/mol. The predicted molar refractivity (Wildman–Crippen MR) is 122 cm³/mol. The molecule has 7 heteroatoms. The van der Waals surface area contributed by atoms with Gasteiger partial charge in [-0.05, 0) is 75.0 Å². The second kappa shape index (κ2) is 11.3. The molecular formula is C18H17Br5O2. The average Bonchev–Trinajstić information content (AvgIpc) is 2.55. The van der Waals surface area contributed by atoms with Crippen molar-refractivity contribution in [1.29, 1.82) is 0 Å². The minimum Gasteiger partial charge on any atom is -0.488 e. The topological polar surface area (TPSA) is 18.5 Å². The van der Waals surface area contributed by atoms with Crippen molar-refractivity contribution in [3.8, 4) is 17.2 Å². The van der Waals surface area contributed by atoms with Gasteiger partial charge in [-0.15, -0.1) is 0 Å². The Morgan fingerprint density at radius 1 is 0.720 bits per heavy atom. The molecule has 2 aromatic carbocycles. The minimum atomic E-state index is 0.667. The lowest BCUT2D eigenvalue weighted by Crippen LogP contribution is -2.00. The highest BCUT2D eigenvalue weighted by Crippen LogP contribution is 2.42. The number of hydrogen-bond acceptors (Lipinski definition) is 2. The van der Waals surface area contributed by atoms with Gasteiger partial charge in [-0.2, -0.15) is 0 Å². The van der Waals surface area contributed by atoms with E-state index in [1.807, 2.05) is 30.3 Å². The standard InChI is InChI=1S/C18H17Br5O2/c19-7-3-1-2-4-8-24-18-15(23)10-13(21)11-17(18)25-16-6-5-12(20)9-14(16)22/h5-6,9-11H,1-4,7-8H2. The predicted octanol–water partition coefficient (Wildman–Crippen LogP) is 8.86. The first-order valence-electron chi connectivity index (χ1n) is 7.82. The van der Waals surface area contributed by atoms with Gasteiger partial charge in [-0.25, -0.2) is 0 Å². The van der Waals surface area contributed by atoms with E-state index in [0.29, 0.717) is 12.4 Å². The van der Waals surface area contributed by atoms with Crippen LogP contribution >= 0.6 is 79.6 Å². The Morgan fingerprint density at radius 3 is 2.16 bits per heavy atom. The number of unbranched alkanes of at least 4 members (excludes halogenated alkanes) is 3. The van der Waals surface area contributed by atoms with Gasteiger partial charge >= 0.3 is 0 Å². The smallest absolute Gasteiger partial charge is 0.176 e. The molecule has 0 radical (unpaired) electrons. The fraction of sp³-hybridized carbons (Fsp3) is 0.333. The molecule has 0 aliphatic rings. The number of halogens is 5. The molecule has 0 amide bonds. The molecule has 0 spiro atoms. The fourth-order valence-electron chi connectivity index (χ4n) is 2.15. The first-order chi connectivity index (χ1) is 12.0. The van der Waals surface area contributed by atoms with E-state index in [1.165, 1.54) is 12.8 Å². The number of ether oxygens (including phenoxy) is 2. The van der Waals surface area contributed by atoms with Crippen LogP contribution in [0.25, 0.3) is 0 Å². The summed E-state index contributed by atoms with van der Waals surface area (Å²) in [5.41, 5.74) is 0. The van der Waals surface area contributed by atoms with E-state index in [4.69, 9.17) is 9.47 Å². The van der Waals surface area contributed by atoms with E-state index >= 15 is 0 Å². The maximum Gasteiger partial charge on any atom is 0.176 e. The van der Waals surface area contributed by atoms with Crippen molar-refractivity contribution in [2.75, 3.05) is 11.9 Å². The molecule has 0 unspecified atom stereocenters. The van der Waals surface area contributed by atoms with Crippen molar-refractivity contribution in [1.82, 2.24) is 0 Å². The van der Waals surface area contributed by atoms with Crippen LogP contribution in [0.3, 0.4) is 0 Å². The number of alkyl halides is 1. The summed E-state index contributed by atoms with van der Waals surface area (Å²) in [5, 5.41) is 1.06. The molecule has 0 atom stereocenters. The molecule has 0 saturated heterocycles. The molecule has 0 aromatic heterocycles. The zero-order valence-corrected chi connectivity index (χ0v) is 21.3. The van der Waals surface area contributed by atoms with Gasteiger partial charge in [0.1, 0.15) is 5.75 Å². The van der Waals surface area contributed by atoms with Crippen LogP contribution in [0.2, 0.25) is 0 Å². The summed E-state index contributed by atoms with van der Waals surface area (Å²) in [4.78, 5) is 0. The zero-order chi connectivity index (χ0) is 18.2. The zero-order valence-electron chi connectivity index (χ0n) is 13.3. The summed E-state index contributed by atoms with van der Waals surface area (Å²) in [6.07, 6.45) is 4.60. The first kappa shape index (κ1) is 21.7. The quantitative estimate of drug-likeness (QED) is 0.197. The Labute approximate surface area is 190 Å². The van der Waals surface area contributed by atoms with Gasteiger partial charge in [0.2, 0.25) is 0 Å². The van der Waals surface area contributed by atoms with Crippen LogP contribution in [0.15, 0.2) is 48.2 Å². The fourth-order valence-corrected chi connectivity index (χ4v) is 4.98. The second-order valence-electron chi connectivity index (χ2n) is 5.34. The van der Waals surface area contributed by atoms with Gasteiger partial charge in [-0.1, -0.05) is 60.6 Å². The Balaban J connectivity index is 2.11. The van der Waals surface area contributed by atoms with Crippen molar-refractivity contribution >= 4 is 79.6 Å². The van der Waals surface area contributed by atoms with Crippen molar-refractivity contribution in [3.63, 3.8) is 0 Å². The molecule has 0 aliphatic heterocycles. The summed E-state index contributed by atoms with van der Waals surface area (Å²) in [5.74, 6) is 2.12. The van der Waals surface area contributed by atoms with Crippen molar-refractivity contribution in [3.05, 3.63) is 48.2 Å². The molecular weight excluding hydrogens is 648 g/mol. The summed E-state index contributed by atoms with van der Waals surface area (Å²) in [6.45, 7) is 0.667. The first-order valence-corrected chi connectivity index (χ1v) is 12.1. The van der Waals surface area contributed by atoms with E-state index in [9.17, 15) is 0 Å². The van der Waals surface area contributed by atoms with E-state index in [0.717, 1.165) is 47.6 Å². The largest absolute Gasteiger partial charge is 0.488 e. The van der Waals surface area contributed by atoms with Crippen LogP contribution in [0.5, 0.6) is 17.2 Å². The lowest BCUT2D eigenvalue weighted by atomic mass is 10.2. The third-order valence-corrected chi connectivity index (χ3v) is 6.08. The lowest BCUT2D eigenvalue weighted by Gasteiger charge is -2.15. The highest BCUT2D eigenvalue weighted by Gasteiger charge is 2.14. The molecule has 0 saturated carbocycles. The molecule has 2 rings (SSSR count). The number of rotatable bonds is 9. The highest BCUT2D eigenvalue weighted by atomic mass is 79.9. The molecule has 136 valence electrons. The Morgan fingerprint density at radius 2 is 1.44 bits per heavy atom. The molecule has 0 N–H and O–H groups in total. The van der Waals surface area contributed by atoms with Gasteiger partial charge in [0.15, 0.2) is 11.5 Å². The molecule has 0 fully saturated rings. The Bertz CT molecular complexity index is 706. The van der Waals surface area contributed by atoms with Crippen molar-refractivity contribution < 1.29 is 9.47 Å². The Kier molecular flexibility index (Phi) is 9.84. The second-order valence-corrected chi connectivity index (χ2v) is 9.68. The van der Waals surface area contributed by atoms with Gasteiger partial charge in [0.05, 0.1) is 15.6 Å². The number of hydrogen-bond donors (Lipinski definition) is 0. The lowest BCUT2D eigenvalue weighted by molar-refractivity contribution is 0.289. The molecule has 25 heavy (non-hydrogen) atoms. The van der Waals surface area contributed by atoms with Gasteiger partial charge in [-0.3, -0.25) is 0 Å². The van der Waals surface area contributed by atoms with Gasteiger partial charge in [0.25, 0.3) is 0 Å². The molecule has 2 nitrogen and oxygen atoms in total. The number of benzene rings is 2. The molecule has 2 aromatic rings. The average molecular weight is 665 g/mol. The van der Waals surface area contributed by atoms with Crippen LogP contribution in [0, 0.1) is 0 Å². The van der Waals surface area contributed by atoms with E-state index < -0.39 is 0 Å². The molecule has 0 aliphatic carbocycles. The maximum absolute atomic E-state index is 6.09. The van der Waals surface area contributed by atoms with Crippen LogP contribution in [-0.4, -0.2) is 11.9 Å². The summed E-state index contributed by atoms with van der Waals surface area (Å²) < 4.78 is 15.8. The maximum atomic E-state index is 6.09. The normalized spacial score (nSPS) is 10.8. The van der Waals surface area contributed by atoms with Crippen LogP contribution in [-0.2, 0) is 0 Å². The van der Waals surface area contributed by atoms with Gasteiger partial charge in [0, 0.05) is 14.3 Å². The summed E-state index contributed by atoms with van der Waals surface area (Å²) in [7, 11) is 0. The van der Waals surface area contributed by atoms with Crippen LogP contribution in [0.1, 0.15) is 25.7 Å². The van der Waals surface area contributed by atoms with E-state index in [1.54, 1.807) is 0 Å². The Hall–Kier alpha value is 0.440. The minimum absolute atomic E-state index is 0.667. The van der Waals surface area contributed by atoms with Crippen LogP contribution in [0.4, 0.5) is 0 Å². The third kappa shape index (κ3) is 7.17. The highest BCUT2D eigenvalue weighted by molar-refractivity contribution is 9.11. The summed E-state index contributed by atoms with van der Waals surface area (Å²) >= 11 is 17.5. The molecule has 0 heterocycles. The van der Waals surface area contributed by atoms with E-state index in [2.05, 4.69) is 79.6 Å². The van der Waals surface area contributed by atoms with Crippen LogP contribution < -0.4 is 9.47 Å². The molecule has 0 bridgehead atoms.